The second kappa shape index (κ2) is 8.73. The highest BCUT2D eigenvalue weighted by atomic mass is 32.2. The van der Waals surface area contributed by atoms with Gasteiger partial charge < -0.3 is 10.1 Å². The molecular weight excluding hydrogens is 409 g/mol. The summed E-state index contributed by atoms with van der Waals surface area (Å²) in [5, 5.41) is 2.40. The maximum atomic E-state index is 12.6. The van der Waals surface area contributed by atoms with Gasteiger partial charge in [0.05, 0.1) is 23.6 Å². The van der Waals surface area contributed by atoms with E-state index in [4.69, 9.17) is 4.74 Å². The van der Waals surface area contributed by atoms with Crippen LogP contribution in [0.4, 0.5) is 24.5 Å². The maximum Gasteiger partial charge on any atom is 0.416 e. The van der Waals surface area contributed by atoms with Crippen LogP contribution in [0.1, 0.15) is 19.4 Å². The molecule has 0 saturated carbocycles. The number of anilines is 2. The fraction of sp³-hybridized carbons (Fsp3) is 0.316. The first-order valence-electron chi connectivity index (χ1n) is 8.58. The molecule has 1 N–H and O–H groups in total. The zero-order chi connectivity index (χ0) is 21.8. The Labute approximate surface area is 167 Å². The van der Waals surface area contributed by atoms with Gasteiger partial charge in [0.25, 0.3) is 0 Å². The largest absolute Gasteiger partial charge is 0.491 e. The molecule has 0 bridgehead atoms. The van der Waals surface area contributed by atoms with E-state index < -0.39 is 34.2 Å². The molecule has 0 radical (unpaired) electrons. The van der Waals surface area contributed by atoms with Crippen molar-refractivity contribution in [2.45, 2.75) is 26.1 Å². The Morgan fingerprint density at radius 3 is 2.28 bits per heavy atom. The number of amides is 1. The van der Waals surface area contributed by atoms with Gasteiger partial charge in [-0.15, -0.1) is 0 Å². The number of nitrogens with one attached hydrogen (secondary N) is 1. The first kappa shape index (κ1) is 22.5. The number of ether oxygens (including phenoxy) is 1. The van der Waals surface area contributed by atoms with E-state index in [2.05, 4.69) is 5.32 Å². The smallest absolute Gasteiger partial charge is 0.416 e. The minimum atomic E-state index is -4.49. The number of rotatable bonds is 7. The van der Waals surface area contributed by atoms with E-state index >= 15 is 0 Å². The molecule has 2 rings (SSSR count). The number of carbonyl (C=O) groups excluding carboxylic acids is 1. The summed E-state index contributed by atoms with van der Waals surface area (Å²) in [6, 6.07) is 10.1. The number of halogens is 3. The fourth-order valence-corrected chi connectivity index (χ4v) is 3.31. The van der Waals surface area contributed by atoms with Crippen LogP contribution in [0.15, 0.2) is 48.5 Å². The van der Waals surface area contributed by atoms with Gasteiger partial charge >= 0.3 is 6.18 Å². The van der Waals surface area contributed by atoms with E-state index in [1.165, 1.54) is 12.1 Å². The first-order valence-corrected chi connectivity index (χ1v) is 10.4. The van der Waals surface area contributed by atoms with Crippen molar-refractivity contribution < 1.29 is 31.1 Å². The monoisotopic (exact) mass is 430 g/mol. The summed E-state index contributed by atoms with van der Waals surface area (Å²) in [6.07, 6.45) is -3.66. The van der Waals surface area contributed by atoms with Crippen LogP contribution in [0.3, 0.4) is 0 Å². The second-order valence-electron chi connectivity index (χ2n) is 6.56. The molecule has 29 heavy (non-hydrogen) atoms. The Bertz CT molecular complexity index is 958. The summed E-state index contributed by atoms with van der Waals surface area (Å²) in [4.78, 5) is 12.3. The molecule has 0 aliphatic rings. The summed E-state index contributed by atoms with van der Waals surface area (Å²) in [6.45, 7) is 3.09. The van der Waals surface area contributed by atoms with Gasteiger partial charge in [0.15, 0.2) is 0 Å². The van der Waals surface area contributed by atoms with Crippen molar-refractivity contribution in [3.05, 3.63) is 54.1 Å². The van der Waals surface area contributed by atoms with E-state index in [1.807, 2.05) is 13.8 Å². The zero-order valence-corrected chi connectivity index (χ0v) is 16.8. The van der Waals surface area contributed by atoms with Crippen LogP contribution in [0, 0.1) is 0 Å². The molecular formula is C19H21F3N2O4S. The van der Waals surface area contributed by atoms with E-state index in [-0.39, 0.29) is 17.5 Å². The van der Waals surface area contributed by atoms with Crippen molar-refractivity contribution in [2.75, 3.05) is 22.4 Å². The van der Waals surface area contributed by atoms with Crippen LogP contribution in [-0.4, -0.2) is 33.2 Å². The van der Waals surface area contributed by atoms with Crippen molar-refractivity contribution in [3.8, 4) is 5.75 Å². The maximum absolute atomic E-state index is 12.6. The van der Waals surface area contributed by atoms with Gasteiger partial charge in [0, 0.05) is 11.8 Å². The van der Waals surface area contributed by atoms with Crippen LogP contribution in [-0.2, 0) is 21.0 Å². The summed E-state index contributed by atoms with van der Waals surface area (Å²) in [5.74, 6) is -0.264. The van der Waals surface area contributed by atoms with E-state index in [0.29, 0.717) is 5.75 Å². The highest BCUT2D eigenvalue weighted by Crippen LogP contribution is 2.30. The molecule has 158 valence electrons. The van der Waals surface area contributed by atoms with E-state index in [1.54, 1.807) is 12.1 Å². The molecule has 0 heterocycles. The SMILES string of the molecule is CC(C)Oc1cccc(N(CC(=O)Nc2ccc(C(F)(F)F)cc2)S(C)(=O)=O)c1. The quantitative estimate of drug-likeness (QED) is 0.723. The van der Waals surface area contributed by atoms with Crippen LogP contribution in [0.25, 0.3) is 0 Å². The minimum absolute atomic E-state index is 0.119. The number of nitrogens with zero attached hydrogens (tertiary/aromatic N) is 1. The van der Waals surface area contributed by atoms with Crippen LogP contribution < -0.4 is 14.4 Å². The van der Waals surface area contributed by atoms with Crippen molar-refractivity contribution in [3.63, 3.8) is 0 Å². The Balaban J connectivity index is 2.18. The van der Waals surface area contributed by atoms with Gasteiger partial charge in [-0.2, -0.15) is 13.2 Å². The highest BCUT2D eigenvalue weighted by molar-refractivity contribution is 7.92. The molecule has 2 aromatic carbocycles. The minimum Gasteiger partial charge on any atom is -0.491 e. The second-order valence-corrected chi connectivity index (χ2v) is 8.46. The molecule has 0 atom stereocenters. The van der Waals surface area contributed by atoms with Gasteiger partial charge in [-0.05, 0) is 50.2 Å². The zero-order valence-electron chi connectivity index (χ0n) is 16.0. The number of sulfonamides is 1. The molecule has 0 aromatic heterocycles. The molecule has 0 unspecified atom stereocenters. The number of hydrogen-bond acceptors (Lipinski definition) is 4. The molecule has 0 aliphatic carbocycles. The number of carbonyl (C=O) groups is 1. The van der Waals surface area contributed by atoms with Gasteiger partial charge in [-0.3, -0.25) is 9.10 Å². The van der Waals surface area contributed by atoms with Gasteiger partial charge in [-0.25, -0.2) is 8.42 Å². The molecule has 0 fully saturated rings. The molecule has 2 aromatic rings. The Morgan fingerprint density at radius 2 is 1.76 bits per heavy atom. The van der Waals surface area contributed by atoms with Gasteiger partial charge in [0.2, 0.25) is 15.9 Å². The van der Waals surface area contributed by atoms with Crippen molar-refractivity contribution in [1.29, 1.82) is 0 Å². The van der Waals surface area contributed by atoms with Crippen LogP contribution in [0.2, 0.25) is 0 Å². The predicted molar refractivity (Wildman–Crippen MR) is 104 cm³/mol. The summed E-state index contributed by atoms with van der Waals surface area (Å²) in [5.41, 5.74) is -0.503. The van der Waals surface area contributed by atoms with Crippen molar-refractivity contribution in [1.82, 2.24) is 0 Å². The molecule has 6 nitrogen and oxygen atoms in total. The highest BCUT2D eigenvalue weighted by Gasteiger charge is 2.30. The lowest BCUT2D eigenvalue weighted by molar-refractivity contribution is -0.137. The first-order chi connectivity index (χ1) is 13.4. The molecule has 0 spiro atoms. The van der Waals surface area contributed by atoms with Gasteiger partial charge in [0.1, 0.15) is 12.3 Å². The summed E-state index contributed by atoms with van der Waals surface area (Å²) >= 11 is 0. The van der Waals surface area contributed by atoms with Crippen LogP contribution >= 0.6 is 0 Å². The number of alkyl halides is 3. The summed E-state index contributed by atoms with van der Waals surface area (Å²) in [7, 11) is -3.81. The van der Waals surface area contributed by atoms with Crippen LogP contribution in [0.5, 0.6) is 5.75 Å². The normalized spacial score (nSPS) is 12.0. The lowest BCUT2D eigenvalue weighted by Gasteiger charge is -2.23. The molecule has 0 saturated heterocycles. The Morgan fingerprint density at radius 1 is 1.14 bits per heavy atom. The molecule has 0 aliphatic heterocycles. The van der Waals surface area contributed by atoms with E-state index in [0.717, 1.165) is 34.8 Å². The lowest BCUT2D eigenvalue weighted by atomic mass is 10.2. The standard InChI is InChI=1S/C19H21F3N2O4S/c1-13(2)28-17-6-4-5-16(11-17)24(29(3,26)27)12-18(25)23-15-9-7-14(8-10-15)19(20,21)22/h4-11,13H,12H2,1-3H3,(H,23,25). The topological polar surface area (TPSA) is 75.7 Å². The fourth-order valence-electron chi connectivity index (χ4n) is 2.46. The summed E-state index contributed by atoms with van der Waals surface area (Å²) < 4.78 is 68.6. The average Bonchev–Trinajstić information content (AvgIpc) is 2.58. The molecule has 10 heteroatoms. The lowest BCUT2D eigenvalue weighted by Crippen LogP contribution is -2.37. The number of benzene rings is 2. The van der Waals surface area contributed by atoms with Crippen molar-refractivity contribution in [2.24, 2.45) is 0 Å². The average molecular weight is 430 g/mol. The Hall–Kier alpha value is -2.75. The third-order valence-electron chi connectivity index (χ3n) is 3.66. The molecule has 1 amide bonds. The third-order valence-corrected chi connectivity index (χ3v) is 4.80. The number of hydrogen-bond donors (Lipinski definition) is 1. The Kier molecular flexibility index (Phi) is 6.78. The predicted octanol–water partition coefficient (Wildman–Crippen LogP) is 3.90. The van der Waals surface area contributed by atoms with Crippen molar-refractivity contribution >= 4 is 27.3 Å². The van der Waals surface area contributed by atoms with E-state index in [9.17, 15) is 26.4 Å². The third kappa shape index (κ3) is 6.67. The van der Waals surface area contributed by atoms with Gasteiger partial charge in [-0.1, -0.05) is 6.07 Å².